The Hall–Kier alpha value is -1.26. The largest absolute Gasteiger partial charge is 0.476 e. The molecule has 0 radical (unpaired) electrons. The van der Waals surface area contributed by atoms with E-state index in [0.29, 0.717) is 10.8 Å². The zero-order valence-electron chi connectivity index (χ0n) is 8.36. The van der Waals surface area contributed by atoms with Crippen LogP contribution in [0.25, 0.3) is 0 Å². The van der Waals surface area contributed by atoms with Gasteiger partial charge in [-0.3, -0.25) is 0 Å². The molecule has 1 atom stereocenters. The van der Waals surface area contributed by atoms with Crippen LogP contribution in [0, 0.1) is 0 Å². The third-order valence-corrected chi connectivity index (χ3v) is 2.16. The summed E-state index contributed by atoms with van der Waals surface area (Å²) in [4.78, 5) is 10.8. The van der Waals surface area contributed by atoms with Crippen LogP contribution in [-0.4, -0.2) is 24.0 Å². The average molecular weight is 231 g/mol. The predicted octanol–water partition coefficient (Wildman–Crippen LogP) is 2.17. The molecule has 82 valence electrons. The zero-order chi connectivity index (χ0) is 11.5. The highest BCUT2D eigenvalue weighted by Crippen LogP contribution is 2.21. The first-order valence-corrected chi connectivity index (χ1v) is 4.59. The van der Waals surface area contributed by atoms with Gasteiger partial charge in [-0.05, 0) is 24.3 Å². The van der Waals surface area contributed by atoms with Crippen molar-refractivity contribution in [2.75, 3.05) is 7.11 Å². The highest BCUT2D eigenvalue weighted by molar-refractivity contribution is 6.30. The van der Waals surface area contributed by atoms with Gasteiger partial charge >= 0.3 is 11.8 Å². The summed E-state index contributed by atoms with van der Waals surface area (Å²) in [6.07, 6.45) is 0. The molecule has 4 nitrogen and oxygen atoms in total. The molecule has 5 heteroatoms. The maximum Gasteiger partial charge on any atom is 0.376 e. The molecule has 1 unspecified atom stereocenters. The first-order chi connectivity index (χ1) is 6.98. The van der Waals surface area contributed by atoms with Crippen LogP contribution in [0.1, 0.15) is 6.92 Å². The van der Waals surface area contributed by atoms with Crippen LogP contribution in [0.2, 0.25) is 5.02 Å². The summed E-state index contributed by atoms with van der Waals surface area (Å²) in [5.74, 6) is -2.50. The summed E-state index contributed by atoms with van der Waals surface area (Å²) >= 11 is 5.68. The number of ether oxygens (including phenoxy) is 2. The average Bonchev–Trinajstić information content (AvgIpc) is 2.21. The summed E-state index contributed by atoms with van der Waals surface area (Å²) < 4.78 is 9.97. The molecule has 1 N–H and O–H groups in total. The van der Waals surface area contributed by atoms with E-state index in [9.17, 15) is 4.79 Å². The number of carbonyl (C=O) groups is 1. The van der Waals surface area contributed by atoms with Crippen LogP contribution in [0.5, 0.6) is 5.75 Å². The lowest BCUT2D eigenvalue weighted by Gasteiger charge is -2.24. The Morgan fingerprint density at radius 2 is 1.93 bits per heavy atom. The van der Waals surface area contributed by atoms with E-state index in [0.717, 1.165) is 0 Å². The first kappa shape index (κ1) is 11.8. The highest BCUT2D eigenvalue weighted by Gasteiger charge is 2.35. The van der Waals surface area contributed by atoms with Crippen LogP contribution in [0.3, 0.4) is 0 Å². The van der Waals surface area contributed by atoms with E-state index < -0.39 is 11.8 Å². The van der Waals surface area contributed by atoms with Crippen molar-refractivity contribution < 1.29 is 19.4 Å². The van der Waals surface area contributed by atoms with E-state index in [-0.39, 0.29) is 0 Å². The molecule has 0 fully saturated rings. The van der Waals surface area contributed by atoms with Crippen molar-refractivity contribution >= 4 is 17.6 Å². The molecule has 0 heterocycles. The van der Waals surface area contributed by atoms with Gasteiger partial charge in [-0.2, -0.15) is 0 Å². The molecule has 15 heavy (non-hydrogen) atoms. The number of carboxylic acid groups (broad SMARTS) is 1. The number of carboxylic acids is 1. The lowest BCUT2D eigenvalue weighted by Crippen LogP contribution is -2.43. The Morgan fingerprint density at radius 3 is 2.33 bits per heavy atom. The van der Waals surface area contributed by atoms with Crippen molar-refractivity contribution in [3.63, 3.8) is 0 Å². The fourth-order valence-corrected chi connectivity index (χ4v) is 1.03. The van der Waals surface area contributed by atoms with Gasteiger partial charge in [0.25, 0.3) is 0 Å². The number of benzene rings is 1. The van der Waals surface area contributed by atoms with Crippen LogP contribution in [0.15, 0.2) is 24.3 Å². The van der Waals surface area contributed by atoms with Crippen LogP contribution >= 0.6 is 11.6 Å². The van der Waals surface area contributed by atoms with Crippen LogP contribution in [0.4, 0.5) is 0 Å². The summed E-state index contributed by atoms with van der Waals surface area (Å²) in [6, 6.07) is 6.36. The number of hydrogen-bond acceptors (Lipinski definition) is 3. The summed E-state index contributed by atoms with van der Waals surface area (Å²) in [7, 11) is 1.27. The van der Waals surface area contributed by atoms with Gasteiger partial charge in [0, 0.05) is 19.1 Å². The van der Waals surface area contributed by atoms with Crippen molar-refractivity contribution in [2.24, 2.45) is 0 Å². The Bertz CT molecular complexity index is 349. The van der Waals surface area contributed by atoms with Gasteiger partial charge in [0.2, 0.25) is 0 Å². The molecule has 0 aliphatic rings. The summed E-state index contributed by atoms with van der Waals surface area (Å²) in [6.45, 7) is 1.32. The Kier molecular flexibility index (Phi) is 3.55. The topological polar surface area (TPSA) is 55.8 Å². The molecular weight excluding hydrogens is 220 g/mol. The molecular formula is C10H11ClO4. The Labute approximate surface area is 92.4 Å². The standard InChI is InChI=1S/C10H11ClO4/c1-10(14-2,9(12)13)15-8-5-3-7(11)4-6-8/h3-6H,1-2H3,(H,12,13). The number of rotatable bonds is 4. The van der Waals surface area contributed by atoms with Crippen molar-refractivity contribution in [3.05, 3.63) is 29.3 Å². The normalized spacial score (nSPS) is 14.3. The van der Waals surface area contributed by atoms with E-state index in [1.807, 2.05) is 0 Å². The lowest BCUT2D eigenvalue weighted by molar-refractivity contribution is -0.197. The van der Waals surface area contributed by atoms with E-state index in [1.54, 1.807) is 24.3 Å². The minimum absolute atomic E-state index is 0.381. The predicted molar refractivity (Wildman–Crippen MR) is 55.1 cm³/mol. The minimum atomic E-state index is -1.69. The minimum Gasteiger partial charge on any atom is -0.476 e. The molecule has 0 aromatic heterocycles. The molecule has 0 saturated heterocycles. The van der Waals surface area contributed by atoms with Gasteiger partial charge < -0.3 is 14.6 Å². The summed E-state index contributed by atoms with van der Waals surface area (Å²) in [5, 5.41) is 9.42. The quantitative estimate of drug-likeness (QED) is 0.806. The van der Waals surface area contributed by atoms with Gasteiger partial charge in [0.05, 0.1) is 0 Å². The number of methoxy groups -OCH3 is 1. The molecule has 0 amide bonds. The van der Waals surface area contributed by atoms with Crippen molar-refractivity contribution in [1.29, 1.82) is 0 Å². The molecule has 1 rings (SSSR count). The van der Waals surface area contributed by atoms with Gasteiger partial charge in [0.1, 0.15) is 5.75 Å². The second-order valence-electron chi connectivity index (χ2n) is 3.01. The van der Waals surface area contributed by atoms with Crippen LogP contribution < -0.4 is 4.74 Å². The number of hydrogen-bond donors (Lipinski definition) is 1. The Balaban J connectivity index is 2.84. The summed E-state index contributed by atoms with van der Waals surface area (Å²) in [5.41, 5.74) is 0. The number of halogens is 1. The van der Waals surface area contributed by atoms with E-state index in [2.05, 4.69) is 0 Å². The molecule has 0 bridgehead atoms. The van der Waals surface area contributed by atoms with Crippen molar-refractivity contribution in [1.82, 2.24) is 0 Å². The SMILES string of the molecule is COC(C)(Oc1ccc(Cl)cc1)C(=O)O. The molecule has 0 spiro atoms. The third kappa shape index (κ3) is 2.84. The molecule has 1 aromatic carbocycles. The van der Waals surface area contributed by atoms with Crippen molar-refractivity contribution in [3.8, 4) is 5.75 Å². The second kappa shape index (κ2) is 4.51. The number of aliphatic carboxylic acids is 1. The van der Waals surface area contributed by atoms with E-state index in [1.165, 1.54) is 14.0 Å². The monoisotopic (exact) mass is 230 g/mol. The highest BCUT2D eigenvalue weighted by atomic mass is 35.5. The van der Waals surface area contributed by atoms with Gasteiger partial charge in [-0.1, -0.05) is 11.6 Å². The fraction of sp³-hybridized carbons (Fsp3) is 0.300. The molecule has 0 saturated carbocycles. The maximum atomic E-state index is 10.8. The van der Waals surface area contributed by atoms with E-state index >= 15 is 0 Å². The zero-order valence-corrected chi connectivity index (χ0v) is 9.12. The first-order valence-electron chi connectivity index (χ1n) is 4.21. The lowest BCUT2D eigenvalue weighted by atomic mass is 10.3. The van der Waals surface area contributed by atoms with Crippen LogP contribution in [-0.2, 0) is 9.53 Å². The van der Waals surface area contributed by atoms with E-state index in [4.69, 9.17) is 26.2 Å². The van der Waals surface area contributed by atoms with Gasteiger partial charge in [-0.25, -0.2) is 4.79 Å². The van der Waals surface area contributed by atoms with Crippen molar-refractivity contribution in [2.45, 2.75) is 12.7 Å². The molecule has 1 aromatic rings. The molecule has 0 aliphatic heterocycles. The third-order valence-electron chi connectivity index (χ3n) is 1.90. The Morgan fingerprint density at radius 1 is 1.40 bits per heavy atom. The van der Waals surface area contributed by atoms with Gasteiger partial charge in [-0.15, -0.1) is 0 Å². The van der Waals surface area contributed by atoms with Gasteiger partial charge in [0.15, 0.2) is 0 Å². The molecule has 0 aliphatic carbocycles. The maximum absolute atomic E-state index is 10.8. The second-order valence-corrected chi connectivity index (χ2v) is 3.45. The smallest absolute Gasteiger partial charge is 0.376 e. The fourth-order valence-electron chi connectivity index (χ4n) is 0.900.